The van der Waals surface area contributed by atoms with Gasteiger partial charge in [0.05, 0.1) is 16.6 Å². The molecule has 0 unspecified atom stereocenters. The standard InChI is InChI=1S/C29H20ClN3/c1-19-16-17-25-23(18-19)26(22-14-8-9-15-24(22)30)27-28(20-10-4-2-5-11-20)32-33(29(27)31-25)21-12-6-3-7-13-21/h2-18H,1H3. The van der Waals surface area contributed by atoms with Gasteiger partial charge in [-0.1, -0.05) is 90.0 Å². The molecule has 4 aromatic carbocycles. The number of hydrogen-bond acceptors (Lipinski definition) is 2. The molecule has 0 amide bonds. The average molecular weight is 446 g/mol. The second-order valence-electron chi connectivity index (χ2n) is 8.15. The first-order valence-electron chi connectivity index (χ1n) is 10.9. The summed E-state index contributed by atoms with van der Waals surface area (Å²) in [6.07, 6.45) is 0. The van der Waals surface area contributed by atoms with Gasteiger partial charge in [0.2, 0.25) is 0 Å². The highest BCUT2D eigenvalue weighted by molar-refractivity contribution is 6.34. The van der Waals surface area contributed by atoms with Crippen LogP contribution in [0.3, 0.4) is 0 Å². The molecule has 3 nitrogen and oxygen atoms in total. The fourth-order valence-electron chi connectivity index (χ4n) is 4.43. The van der Waals surface area contributed by atoms with Crippen LogP contribution in [0.25, 0.3) is 50.0 Å². The number of aryl methyl sites for hydroxylation is 1. The molecule has 0 aliphatic carbocycles. The SMILES string of the molecule is Cc1ccc2nc3c(c(-c4ccccc4)nn3-c3ccccc3)c(-c3ccccc3Cl)c2c1. The molecule has 4 heteroatoms. The molecule has 158 valence electrons. The van der Waals surface area contributed by atoms with E-state index in [1.165, 1.54) is 5.56 Å². The lowest BCUT2D eigenvalue weighted by Gasteiger charge is -2.13. The Hall–Kier alpha value is -3.95. The number of para-hydroxylation sites is 1. The first-order valence-corrected chi connectivity index (χ1v) is 11.3. The third kappa shape index (κ3) is 3.29. The highest BCUT2D eigenvalue weighted by Crippen LogP contribution is 2.43. The molecule has 0 aliphatic rings. The van der Waals surface area contributed by atoms with E-state index in [-0.39, 0.29) is 0 Å². The summed E-state index contributed by atoms with van der Waals surface area (Å²) in [5, 5.41) is 7.88. The molecule has 0 bridgehead atoms. The lowest BCUT2D eigenvalue weighted by atomic mass is 9.94. The van der Waals surface area contributed by atoms with Crippen molar-refractivity contribution in [3.05, 3.63) is 114 Å². The van der Waals surface area contributed by atoms with Crippen LogP contribution in [0.15, 0.2) is 103 Å². The second-order valence-corrected chi connectivity index (χ2v) is 8.56. The molecule has 33 heavy (non-hydrogen) atoms. The van der Waals surface area contributed by atoms with Crippen molar-refractivity contribution < 1.29 is 0 Å². The molecule has 0 saturated heterocycles. The van der Waals surface area contributed by atoms with Crippen molar-refractivity contribution in [2.75, 3.05) is 0 Å². The minimum Gasteiger partial charge on any atom is -0.228 e. The molecule has 6 aromatic rings. The van der Waals surface area contributed by atoms with Gasteiger partial charge in [0, 0.05) is 27.1 Å². The fourth-order valence-corrected chi connectivity index (χ4v) is 4.66. The van der Waals surface area contributed by atoms with Crippen molar-refractivity contribution in [1.82, 2.24) is 14.8 Å². The molecule has 2 heterocycles. The van der Waals surface area contributed by atoms with Crippen LogP contribution in [0.2, 0.25) is 5.02 Å². The molecule has 0 spiro atoms. The van der Waals surface area contributed by atoms with Crippen LogP contribution < -0.4 is 0 Å². The van der Waals surface area contributed by atoms with Crippen molar-refractivity contribution in [2.45, 2.75) is 6.92 Å². The first kappa shape index (κ1) is 19.7. The predicted octanol–water partition coefficient (Wildman–Crippen LogP) is 7.87. The van der Waals surface area contributed by atoms with Crippen molar-refractivity contribution in [3.63, 3.8) is 0 Å². The first-order chi connectivity index (χ1) is 16.2. The normalized spacial score (nSPS) is 11.3. The Bertz CT molecular complexity index is 1620. The fraction of sp³-hybridized carbons (Fsp3) is 0.0345. The number of fused-ring (bicyclic) bond motifs is 2. The van der Waals surface area contributed by atoms with E-state index in [2.05, 4.69) is 55.5 Å². The molecule has 0 fully saturated rings. The van der Waals surface area contributed by atoms with Gasteiger partial charge >= 0.3 is 0 Å². The number of halogens is 1. The Kier molecular flexibility index (Phi) is 4.70. The molecule has 0 N–H and O–H groups in total. The van der Waals surface area contributed by atoms with E-state index < -0.39 is 0 Å². The summed E-state index contributed by atoms with van der Waals surface area (Å²) in [7, 11) is 0. The maximum absolute atomic E-state index is 6.77. The molecular weight excluding hydrogens is 426 g/mol. The molecule has 0 atom stereocenters. The van der Waals surface area contributed by atoms with Gasteiger partial charge < -0.3 is 0 Å². The molecule has 0 radical (unpaired) electrons. The van der Waals surface area contributed by atoms with Gasteiger partial charge in [0.1, 0.15) is 5.69 Å². The Labute approximate surface area is 196 Å². The van der Waals surface area contributed by atoms with Crippen LogP contribution in [-0.4, -0.2) is 14.8 Å². The van der Waals surface area contributed by atoms with Gasteiger partial charge in [-0.2, -0.15) is 5.10 Å². The molecule has 0 saturated carbocycles. The Morgan fingerprint density at radius 2 is 1.45 bits per heavy atom. The summed E-state index contributed by atoms with van der Waals surface area (Å²) in [6, 6.07) is 34.8. The van der Waals surface area contributed by atoms with Crippen LogP contribution in [-0.2, 0) is 0 Å². The van der Waals surface area contributed by atoms with Crippen LogP contribution in [0.5, 0.6) is 0 Å². The summed E-state index contributed by atoms with van der Waals surface area (Å²) in [5.41, 5.74) is 7.84. The highest BCUT2D eigenvalue weighted by Gasteiger charge is 2.23. The lowest BCUT2D eigenvalue weighted by Crippen LogP contribution is -1.98. The van der Waals surface area contributed by atoms with Gasteiger partial charge in [-0.25, -0.2) is 9.67 Å². The summed E-state index contributed by atoms with van der Waals surface area (Å²) in [4.78, 5) is 5.11. The smallest absolute Gasteiger partial charge is 0.164 e. The van der Waals surface area contributed by atoms with Gasteiger partial charge in [-0.3, -0.25) is 0 Å². The number of aromatic nitrogens is 3. The predicted molar refractivity (Wildman–Crippen MR) is 137 cm³/mol. The molecule has 0 aliphatic heterocycles. The molecule has 6 rings (SSSR count). The third-order valence-electron chi connectivity index (χ3n) is 5.95. The zero-order chi connectivity index (χ0) is 22.4. The average Bonchev–Trinajstić information content (AvgIpc) is 3.23. The minimum atomic E-state index is 0.708. The Morgan fingerprint density at radius 3 is 2.21 bits per heavy atom. The Morgan fingerprint density at radius 1 is 0.758 bits per heavy atom. The van der Waals surface area contributed by atoms with Crippen LogP contribution in [0, 0.1) is 6.92 Å². The highest BCUT2D eigenvalue weighted by atomic mass is 35.5. The van der Waals surface area contributed by atoms with Crippen LogP contribution in [0.1, 0.15) is 5.56 Å². The maximum Gasteiger partial charge on any atom is 0.164 e. The monoisotopic (exact) mass is 445 g/mol. The van der Waals surface area contributed by atoms with Crippen molar-refractivity contribution in [3.8, 4) is 28.1 Å². The van der Waals surface area contributed by atoms with E-state index in [4.69, 9.17) is 21.7 Å². The van der Waals surface area contributed by atoms with Gasteiger partial charge in [-0.15, -0.1) is 0 Å². The summed E-state index contributed by atoms with van der Waals surface area (Å²) in [6.45, 7) is 2.10. The summed E-state index contributed by atoms with van der Waals surface area (Å²) < 4.78 is 1.94. The number of rotatable bonds is 3. The number of nitrogens with zero attached hydrogens (tertiary/aromatic N) is 3. The van der Waals surface area contributed by atoms with Crippen molar-refractivity contribution >= 4 is 33.5 Å². The van der Waals surface area contributed by atoms with E-state index >= 15 is 0 Å². The van der Waals surface area contributed by atoms with Crippen molar-refractivity contribution in [2.24, 2.45) is 0 Å². The minimum absolute atomic E-state index is 0.708. The second kappa shape index (κ2) is 7.88. The maximum atomic E-state index is 6.77. The number of benzene rings is 4. The summed E-state index contributed by atoms with van der Waals surface area (Å²) >= 11 is 6.77. The number of hydrogen-bond donors (Lipinski definition) is 0. The zero-order valence-electron chi connectivity index (χ0n) is 18.0. The quantitative estimate of drug-likeness (QED) is 0.277. The van der Waals surface area contributed by atoms with E-state index in [1.54, 1.807) is 0 Å². The molecular formula is C29H20ClN3. The van der Waals surface area contributed by atoms with E-state index in [0.29, 0.717) is 5.02 Å². The topological polar surface area (TPSA) is 30.7 Å². The van der Waals surface area contributed by atoms with Gasteiger partial charge in [0.25, 0.3) is 0 Å². The van der Waals surface area contributed by atoms with Crippen molar-refractivity contribution in [1.29, 1.82) is 0 Å². The van der Waals surface area contributed by atoms with E-state index in [1.807, 2.05) is 59.3 Å². The Balaban J connectivity index is 1.85. The van der Waals surface area contributed by atoms with Crippen LogP contribution in [0.4, 0.5) is 0 Å². The van der Waals surface area contributed by atoms with Gasteiger partial charge in [-0.05, 0) is 37.3 Å². The van der Waals surface area contributed by atoms with E-state index in [0.717, 1.165) is 50.0 Å². The molecule has 2 aromatic heterocycles. The summed E-state index contributed by atoms with van der Waals surface area (Å²) in [5.74, 6) is 0. The number of pyridine rings is 1. The van der Waals surface area contributed by atoms with E-state index in [9.17, 15) is 0 Å². The third-order valence-corrected chi connectivity index (χ3v) is 6.28. The zero-order valence-corrected chi connectivity index (χ0v) is 18.8. The lowest BCUT2D eigenvalue weighted by molar-refractivity contribution is 0.903. The largest absolute Gasteiger partial charge is 0.228 e. The van der Waals surface area contributed by atoms with Gasteiger partial charge in [0.15, 0.2) is 5.65 Å². The van der Waals surface area contributed by atoms with Crippen LogP contribution >= 0.6 is 11.6 Å².